The average molecular weight is 577 g/mol. The molecule has 0 bridgehead atoms. The summed E-state index contributed by atoms with van der Waals surface area (Å²) in [6, 6.07) is -1.52. The molecule has 226 valence electrons. The molecule has 4 aliphatic carbocycles. The third-order valence-corrected chi connectivity index (χ3v) is 10.5. The number of nitrogens with one attached hydrogen (secondary N) is 1. The molecule has 4 rings (SSSR count). The highest BCUT2D eigenvalue weighted by Crippen LogP contribution is 2.67. The van der Waals surface area contributed by atoms with Crippen LogP contribution in [-0.2, 0) is 33.5 Å². The van der Waals surface area contributed by atoms with E-state index >= 15 is 0 Å². The summed E-state index contributed by atoms with van der Waals surface area (Å²) in [6.45, 7) is 3.26. The maximum Gasteiger partial charge on any atom is 0.326 e. The number of aliphatic hydroxyl groups is 2. The Morgan fingerprint density at radius 2 is 1.83 bits per heavy atom. The van der Waals surface area contributed by atoms with Gasteiger partial charge in [-0.1, -0.05) is 19.4 Å². The fraction of sp³-hybridized carbons (Fsp3) is 0.724. The number of ether oxygens (including phenoxy) is 1. The van der Waals surface area contributed by atoms with Gasteiger partial charge in [-0.3, -0.25) is 24.0 Å². The number of rotatable bonds is 10. The minimum atomic E-state index is -1.80. The van der Waals surface area contributed by atoms with Crippen molar-refractivity contribution in [3.05, 3.63) is 11.6 Å². The Labute approximate surface area is 238 Å². The van der Waals surface area contributed by atoms with Crippen LogP contribution in [0.25, 0.3) is 0 Å². The number of amides is 2. The van der Waals surface area contributed by atoms with Crippen LogP contribution in [0.4, 0.5) is 0 Å². The number of esters is 1. The van der Waals surface area contributed by atoms with Crippen molar-refractivity contribution in [1.29, 1.82) is 0 Å². The Kier molecular flexibility index (Phi) is 8.48. The van der Waals surface area contributed by atoms with Gasteiger partial charge in [0.25, 0.3) is 0 Å². The molecular weight excluding hydrogens is 536 g/mol. The van der Waals surface area contributed by atoms with Gasteiger partial charge >= 0.3 is 11.9 Å². The number of hydrogen-bond acceptors (Lipinski definition) is 9. The maximum atomic E-state index is 13.3. The Hall–Kier alpha value is -3.12. The first-order valence-corrected chi connectivity index (χ1v) is 14.3. The number of carbonyl (C=O) groups is 6. The van der Waals surface area contributed by atoms with E-state index in [-0.39, 0.29) is 41.8 Å². The number of nitrogens with two attached hydrogens (primary N) is 1. The number of carboxylic acid groups (broad SMARTS) is 1. The molecule has 3 saturated carbocycles. The number of allylic oxidation sites excluding steroid dienone is 1. The van der Waals surface area contributed by atoms with Crippen LogP contribution in [0.15, 0.2) is 11.6 Å². The molecule has 0 saturated heterocycles. The van der Waals surface area contributed by atoms with Gasteiger partial charge in [0.1, 0.15) is 11.6 Å². The zero-order valence-corrected chi connectivity index (χ0v) is 23.5. The highest BCUT2D eigenvalue weighted by molar-refractivity contribution is 5.93. The monoisotopic (exact) mass is 576 g/mol. The van der Waals surface area contributed by atoms with Gasteiger partial charge in [0, 0.05) is 18.3 Å². The Morgan fingerprint density at radius 1 is 1.12 bits per heavy atom. The van der Waals surface area contributed by atoms with E-state index in [4.69, 9.17) is 15.6 Å². The molecule has 3 fully saturated rings. The lowest BCUT2D eigenvalue weighted by Gasteiger charge is -2.60. The van der Waals surface area contributed by atoms with Gasteiger partial charge in [0.15, 0.2) is 12.4 Å². The normalized spacial score (nSPS) is 36.6. The highest BCUT2D eigenvalue weighted by atomic mass is 16.5. The molecule has 8 atom stereocenters. The third kappa shape index (κ3) is 5.55. The number of Topliss-reactive ketones (excluding diaryl/α,β-unsaturated/α-hetero) is 1. The maximum absolute atomic E-state index is 13.3. The van der Waals surface area contributed by atoms with Crippen LogP contribution < -0.4 is 11.1 Å². The quantitative estimate of drug-likeness (QED) is 0.228. The zero-order chi connectivity index (χ0) is 30.3. The smallest absolute Gasteiger partial charge is 0.326 e. The molecule has 4 aliphatic rings. The zero-order valence-electron chi connectivity index (χ0n) is 23.5. The largest absolute Gasteiger partial charge is 0.480 e. The SMILES string of the molecule is C[C@]12CCC(=O)C=C1CCC1C2C(O)C[C@@]2(C)C1CC[C@]2(O)C(=O)COC(=O)CCC(=O)NC(CC(N)=O)C(=O)O. The predicted octanol–water partition coefficient (Wildman–Crippen LogP) is 0.558. The van der Waals surface area contributed by atoms with E-state index in [1.807, 2.05) is 6.92 Å². The molecule has 0 radical (unpaired) electrons. The number of primary amides is 1. The van der Waals surface area contributed by atoms with Gasteiger partial charge in [0.05, 0.1) is 18.9 Å². The fourth-order valence-electron chi connectivity index (χ4n) is 8.37. The number of carboxylic acids is 1. The summed E-state index contributed by atoms with van der Waals surface area (Å²) in [6.07, 6.45) is 3.10. The molecule has 12 heteroatoms. The van der Waals surface area contributed by atoms with E-state index < -0.39 is 78.6 Å². The first-order chi connectivity index (χ1) is 19.1. The molecule has 0 aromatic heterocycles. The summed E-state index contributed by atoms with van der Waals surface area (Å²) in [5, 5.41) is 34.4. The van der Waals surface area contributed by atoms with Crippen LogP contribution in [0, 0.1) is 28.6 Å². The summed E-state index contributed by atoms with van der Waals surface area (Å²) in [4.78, 5) is 71.8. The number of aliphatic carboxylic acids is 1. The minimum Gasteiger partial charge on any atom is -0.480 e. The Morgan fingerprint density at radius 3 is 2.49 bits per heavy atom. The summed E-state index contributed by atoms with van der Waals surface area (Å²) < 4.78 is 5.08. The van der Waals surface area contributed by atoms with Gasteiger partial charge in [0.2, 0.25) is 17.6 Å². The first kappa shape index (κ1) is 30.8. The molecule has 41 heavy (non-hydrogen) atoms. The lowest BCUT2D eigenvalue weighted by atomic mass is 9.45. The molecule has 0 aromatic rings. The molecule has 0 aromatic carbocycles. The van der Waals surface area contributed by atoms with Crippen molar-refractivity contribution in [3.8, 4) is 0 Å². The lowest BCUT2D eigenvalue weighted by molar-refractivity contribution is -0.184. The first-order valence-electron chi connectivity index (χ1n) is 14.3. The minimum absolute atomic E-state index is 0.0252. The van der Waals surface area contributed by atoms with Gasteiger partial charge in [-0.15, -0.1) is 0 Å². The molecule has 5 unspecified atom stereocenters. The fourth-order valence-corrected chi connectivity index (χ4v) is 8.37. The van der Waals surface area contributed by atoms with Crippen molar-refractivity contribution < 1.29 is 48.8 Å². The van der Waals surface area contributed by atoms with E-state index in [9.17, 15) is 39.0 Å². The molecule has 2 amide bonds. The number of fused-ring (bicyclic) bond motifs is 5. The molecule has 0 spiro atoms. The molecule has 6 N–H and O–H groups in total. The summed E-state index contributed by atoms with van der Waals surface area (Å²) in [5.74, 6) is -4.62. The van der Waals surface area contributed by atoms with Crippen LogP contribution in [-0.4, -0.2) is 75.0 Å². The third-order valence-electron chi connectivity index (χ3n) is 10.5. The van der Waals surface area contributed by atoms with E-state index in [0.717, 1.165) is 18.4 Å². The van der Waals surface area contributed by atoms with Crippen LogP contribution in [0.5, 0.6) is 0 Å². The molecule has 0 aliphatic heterocycles. The van der Waals surface area contributed by atoms with E-state index in [0.29, 0.717) is 19.3 Å². The molecule has 0 heterocycles. The second kappa shape index (κ2) is 11.3. The van der Waals surface area contributed by atoms with E-state index in [1.54, 1.807) is 6.08 Å². The van der Waals surface area contributed by atoms with Gasteiger partial charge < -0.3 is 31.1 Å². The Balaban J connectivity index is 1.36. The Bertz CT molecular complexity index is 1180. The summed E-state index contributed by atoms with van der Waals surface area (Å²) >= 11 is 0. The molecule has 12 nitrogen and oxygen atoms in total. The predicted molar refractivity (Wildman–Crippen MR) is 142 cm³/mol. The van der Waals surface area contributed by atoms with Crippen molar-refractivity contribution >= 4 is 35.3 Å². The highest BCUT2D eigenvalue weighted by Gasteiger charge is 2.68. The van der Waals surface area contributed by atoms with Gasteiger partial charge in [-0.25, -0.2) is 4.79 Å². The number of aliphatic hydroxyl groups excluding tert-OH is 1. The lowest BCUT2D eigenvalue weighted by Crippen LogP contribution is -2.62. The van der Waals surface area contributed by atoms with Crippen molar-refractivity contribution in [2.24, 2.45) is 34.3 Å². The van der Waals surface area contributed by atoms with Gasteiger partial charge in [-0.2, -0.15) is 0 Å². The van der Waals surface area contributed by atoms with Crippen LogP contribution in [0.2, 0.25) is 0 Å². The van der Waals surface area contributed by atoms with E-state index in [1.165, 1.54) is 0 Å². The number of carbonyl (C=O) groups excluding carboxylic acids is 5. The number of ketones is 2. The van der Waals surface area contributed by atoms with Crippen LogP contribution >= 0.6 is 0 Å². The summed E-state index contributed by atoms with van der Waals surface area (Å²) in [7, 11) is 0. The number of hydrogen-bond donors (Lipinski definition) is 5. The molecular formula is C29H40N2O10. The average Bonchev–Trinajstić information content (AvgIpc) is 3.16. The second-order valence-corrected chi connectivity index (χ2v) is 12.7. The van der Waals surface area contributed by atoms with E-state index in [2.05, 4.69) is 12.2 Å². The van der Waals surface area contributed by atoms with Crippen molar-refractivity contribution in [2.75, 3.05) is 6.61 Å². The van der Waals surface area contributed by atoms with Crippen LogP contribution in [0.1, 0.15) is 78.1 Å². The van der Waals surface area contributed by atoms with Crippen molar-refractivity contribution in [3.63, 3.8) is 0 Å². The summed E-state index contributed by atoms with van der Waals surface area (Å²) in [5.41, 5.74) is 3.05. The van der Waals surface area contributed by atoms with Gasteiger partial charge in [-0.05, 0) is 67.8 Å². The topological polar surface area (TPSA) is 210 Å². The van der Waals surface area contributed by atoms with Crippen molar-refractivity contribution in [1.82, 2.24) is 5.32 Å². The standard InChI is InChI=1S/C29H40N2O10/c1-27-9-7-16(32)11-15(27)3-4-17-18-8-10-29(40,28(18,2)13-20(33)25(17)27)21(34)14-41-24(37)6-5-23(36)31-19(26(38)39)12-22(30)35/h11,17-20,25,33,40H,3-10,12-14H2,1-2H3,(H2,30,35)(H,31,36)(H,38,39)/t17?,18?,19?,20?,25?,27-,28-,29-/m0/s1. The van der Waals surface area contributed by atoms with Crippen LogP contribution in [0.3, 0.4) is 0 Å². The second-order valence-electron chi connectivity index (χ2n) is 12.7. The van der Waals surface area contributed by atoms with Crippen molar-refractivity contribution in [2.45, 2.75) is 95.8 Å².